The maximum absolute atomic E-state index is 12.9. The number of esters is 1. The standard InChI is InChI=1S/C22H24N2O4/c1-4-28-19(25)14-15(2)23-20-21(16-8-6-5-7-9-16)24(22(20)26)17-10-12-18(27-3)13-11-17/h5-14,20-21,23H,4H2,1-3H3/b15-14+/t20-,21+/m1/s1. The number of rotatable bonds is 7. The van der Waals surface area contributed by atoms with Crippen LogP contribution in [0.15, 0.2) is 66.4 Å². The molecule has 1 fully saturated rings. The lowest BCUT2D eigenvalue weighted by Crippen LogP contribution is -2.64. The first-order chi connectivity index (χ1) is 13.5. The Morgan fingerprint density at radius 1 is 1.14 bits per heavy atom. The van der Waals surface area contributed by atoms with Crippen LogP contribution in [0.25, 0.3) is 0 Å². The maximum Gasteiger partial charge on any atom is 0.332 e. The molecule has 0 unspecified atom stereocenters. The van der Waals surface area contributed by atoms with Gasteiger partial charge < -0.3 is 19.7 Å². The number of hydrogen-bond donors (Lipinski definition) is 1. The third-order valence-corrected chi connectivity index (χ3v) is 4.59. The Morgan fingerprint density at radius 3 is 2.43 bits per heavy atom. The molecule has 1 amide bonds. The summed E-state index contributed by atoms with van der Waals surface area (Å²) >= 11 is 0. The van der Waals surface area contributed by atoms with Crippen LogP contribution in [0.5, 0.6) is 5.75 Å². The van der Waals surface area contributed by atoms with E-state index in [1.165, 1.54) is 6.08 Å². The van der Waals surface area contributed by atoms with Gasteiger partial charge in [0.15, 0.2) is 0 Å². The van der Waals surface area contributed by atoms with Crippen molar-refractivity contribution < 1.29 is 19.1 Å². The Labute approximate surface area is 164 Å². The van der Waals surface area contributed by atoms with E-state index in [9.17, 15) is 9.59 Å². The first kappa shape index (κ1) is 19.5. The first-order valence-corrected chi connectivity index (χ1v) is 9.18. The molecular weight excluding hydrogens is 356 g/mol. The Hall–Kier alpha value is -3.28. The lowest BCUT2D eigenvalue weighted by atomic mass is 9.87. The number of ether oxygens (including phenoxy) is 2. The van der Waals surface area contributed by atoms with E-state index in [4.69, 9.17) is 9.47 Å². The van der Waals surface area contributed by atoms with Crippen molar-refractivity contribution in [3.63, 3.8) is 0 Å². The molecule has 1 N–H and O–H groups in total. The minimum absolute atomic E-state index is 0.0596. The van der Waals surface area contributed by atoms with Crippen molar-refractivity contribution in [2.75, 3.05) is 18.6 Å². The van der Waals surface area contributed by atoms with Gasteiger partial charge in [-0.15, -0.1) is 0 Å². The van der Waals surface area contributed by atoms with Crippen LogP contribution in [0.1, 0.15) is 25.5 Å². The van der Waals surface area contributed by atoms with Gasteiger partial charge in [0.1, 0.15) is 11.8 Å². The average molecular weight is 380 g/mol. The Balaban J connectivity index is 1.86. The molecule has 2 atom stereocenters. The summed E-state index contributed by atoms with van der Waals surface area (Å²) in [6, 6.07) is 16.6. The van der Waals surface area contributed by atoms with Crippen LogP contribution in [0, 0.1) is 0 Å². The van der Waals surface area contributed by atoms with Gasteiger partial charge in [0.25, 0.3) is 5.91 Å². The van der Waals surface area contributed by atoms with Crippen LogP contribution >= 0.6 is 0 Å². The monoisotopic (exact) mass is 380 g/mol. The minimum atomic E-state index is -0.463. The van der Waals surface area contributed by atoms with Gasteiger partial charge in [-0.1, -0.05) is 30.3 Å². The minimum Gasteiger partial charge on any atom is -0.497 e. The molecule has 0 aliphatic carbocycles. The van der Waals surface area contributed by atoms with Gasteiger partial charge in [-0.3, -0.25) is 4.79 Å². The van der Waals surface area contributed by atoms with Crippen LogP contribution in [0.2, 0.25) is 0 Å². The fourth-order valence-electron chi connectivity index (χ4n) is 3.30. The van der Waals surface area contributed by atoms with E-state index >= 15 is 0 Å². The van der Waals surface area contributed by atoms with E-state index in [2.05, 4.69) is 5.32 Å². The zero-order chi connectivity index (χ0) is 20.1. The van der Waals surface area contributed by atoms with Crippen molar-refractivity contribution >= 4 is 17.6 Å². The molecule has 1 heterocycles. The van der Waals surface area contributed by atoms with E-state index in [-0.39, 0.29) is 11.9 Å². The largest absolute Gasteiger partial charge is 0.497 e. The number of amides is 1. The normalized spacial score (nSPS) is 19.0. The van der Waals surface area contributed by atoms with E-state index in [0.717, 1.165) is 17.0 Å². The van der Waals surface area contributed by atoms with Crippen molar-refractivity contribution in [2.24, 2.45) is 0 Å². The molecule has 0 saturated carbocycles. The van der Waals surface area contributed by atoms with Crippen LogP contribution in [0.4, 0.5) is 5.69 Å². The second-order valence-electron chi connectivity index (χ2n) is 6.46. The van der Waals surface area contributed by atoms with Crippen LogP contribution in [-0.2, 0) is 14.3 Å². The summed E-state index contributed by atoms with van der Waals surface area (Å²) in [4.78, 5) is 26.4. The summed E-state index contributed by atoms with van der Waals surface area (Å²) in [6.07, 6.45) is 1.37. The summed E-state index contributed by atoms with van der Waals surface area (Å²) in [7, 11) is 1.61. The summed E-state index contributed by atoms with van der Waals surface area (Å²) in [6.45, 7) is 3.81. The van der Waals surface area contributed by atoms with Crippen LogP contribution in [-0.4, -0.2) is 31.6 Å². The second-order valence-corrected chi connectivity index (χ2v) is 6.46. The summed E-state index contributed by atoms with van der Waals surface area (Å²) in [5.74, 6) is 0.244. The Morgan fingerprint density at radius 2 is 1.82 bits per heavy atom. The maximum atomic E-state index is 12.9. The molecule has 1 aliphatic heterocycles. The van der Waals surface area contributed by atoms with Gasteiger partial charge in [-0.25, -0.2) is 4.79 Å². The number of allylic oxidation sites excluding steroid dienone is 1. The molecule has 0 spiro atoms. The fourth-order valence-corrected chi connectivity index (χ4v) is 3.30. The molecule has 2 aromatic rings. The number of methoxy groups -OCH3 is 1. The molecule has 0 bridgehead atoms. The highest BCUT2D eigenvalue weighted by molar-refractivity contribution is 6.06. The van der Waals surface area contributed by atoms with Crippen molar-refractivity contribution in [1.82, 2.24) is 5.32 Å². The highest BCUT2D eigenvalue weighted by Gasteiger charge is 2.49. The van der Waals surface area contributed by atoms with Crippen molar-refractivity contribution in [2.45, 2.75) is 25.9 Å². The number of nitrogens with zero attached hydrogens (tertiary/aromatic N) is 1. The SMILES string of the molecule is CCOC(=O)/C=C(\C)N[C@H]1C(=O)N(c2ccc(OC)cc2)[C@H]1c1ccccc1. The average Bonchev–Trinajstić information content (AvgIpc) is 2.71. The Bertz CT molecular complexity index is 862. The van der Waals surface area contributed by atoms with Gasteiger partial charge >= 0.3 is 5.97 Å². The van der Waals surface area contributed by atoms with Crippen molar-refractivity contribution in [1.29, 1.82) is 0 Å². The lowest BCUT2D eigenvalue weighted by Gasteiger charge is -2.48. The number of carbonyl (C=O) groups excluding carboxylic acids is 2. The van der Waals surface area contributed by atoms with Gasteiger partial charge in [-0.05, 0) is 43.7 Å². The number of carbonyl (C=O) groups is 2. The molecule has 2 aromatic carbocycles. The van der Waals surface area contributed by atoms with E-state index in [1.54, 1.807) is 25.9 Å². The Kier molecular flexibility index (Phi) is 5.99. The molecule has 1 aliphatic rings. The lowest BCUT2D eigenvalue weighted by molar-refractivity contribution is -0.137. The molecule has 3 rings (SSSR count). The number of anilines is 1. The number of β-lactam (4-membered cyclic amide) rings is 1. The molecule has 6 heteroatoms. The third kappa shape index (κ3) is 4.01. The van der Waals surface area contributed by atoms with Crippen LogP contribution in [0.3, 0.4) is 0 Å². The van der Waals surface area contributed by atoms with Crippen LogP contribution < -0.4 is 15.0 Å². The molecule has 28 heavy (non-hydrogen) atoms. The van der Waals surface area contributed by atoms with Gasteiger partial charge in [-0.2, -0.15) is 0 Å². The molecular formula is C22H24N2O4. The smallest absolute Gasteiger partial charge is 0.332 e. The number of hydrogen-bond acceptors (Lipinski definition) is 5. The van der Waals surface area contributed by atoms with Gasteiger partial charge in [0, 0.05) is 17.5 Å². The quantitative estimate of drug-likeness (QED) is 0.454. The first-order valence-electron chi connectivity index (χ1n) is 9.18. The van der Waals surface area contributed by atoms with Gasteiger partial charge in [0.2, 0.25) is 0 Å². The van der Waals surface area contributed by atoms with E-state index in [0.29, 0.717) is 12.3 Å². The summed E-state index contributed by atoms with van der Waals surface area (Å²) in [5, 5.41) is 3.17. The highest BCUT2D eigenvalue weighted by Crippen LogP contribution is 2.40. The van der Waals surface area contributed by atoms with Crippen molar-refractivity contribution in [3.05, 3.63) is 71.9 Å². The predicted octanol–water partition coefficient (Wildman–Crippen LogP) is 3.21. The molecule has 0 aromatic heterocycles. The van der Waals surface area contributed by atoms with E-state index < -0.39 is 12.0 Å². The topological polar surface area (TPSA) is 67.9 Å². The summed E-state index contributed by atoms with van der Waals surface area (Å²) < 4.78 is 10.1. The van der Waals surface area contributed by atoms with Crippen molar-refractivity contribution in [3.8, 4) is 5.75 Å². The number of nitrogens with one attached hydrogen (secondary N) is 1. The predicted molar refractivity (Wildman–Crippen MR) is 107 cm³/mol. The highest BCUT2D eigenvalue weighted by atomic mass is 16.5. The second kappa shape index (κ2) is 8.61. The molecule has 0 radical (unpaired) electrons. The van der Waals surface area contributed by atoms with Gasteiger partial charge in [0.05, 0.1) is 19.8 Å². The molecule has 1 saturated heterocycles. The molecule has 6 nitrogen and oxygen atoms in total. The third-order valence-electron chi connectivity index (χ3n) is 4.59. The summed E-state index contributed by atoms with van der Waals surface area (Å²) in [5.41, 5.74) is 2.40. The van der Waals surface area contributed by atoms with E-state index in [1.807, 2.05) is 54.6 Å². The zero-order valence-corrected chi connectivity index (χ0v) is 16.2. The number of benzene rings is 2. The fraction of sp³-hybridized carbons (Fsp3) is 0.273. The molecule has 146 valence electrons. The zero-order valence-electron chi connectivity index (χ0n) is 16.2.